The average molecular weight is 1030 g/mol. The number of para-hydroxylation sites is 1. The van der Waals surface area contributed by atoms with Crippen LogP contribution in [0.5, 0.6) is 0 Å². The van der Waals surface area contributed by atoms with Crippen molar-refractivity contribution in [3.05, 3.63) is 303 Å². The molecule has 1 heterocycles. The maximum Gasteiger partial charge on any atom is 0.135 e. The van der Waals surface area contributed by atoms with Crippen LogP contribution in [0.4, 0.5) is 0 Å². The van der Waals surface area contributed by atoms with E-state index in [1.807, 2.05) is 12.1 Å². The average Bonchev–Trinajstić information content (AvgIpc) is 4.14. The highest BCUT2D eigenvalue weighted by Crippen LogP contribution is 2.48. The Morgan fingerprint density at radius 1 is 0.160 bits per heavy atom. The van der Waals surface area contributed by atoms with Crippen LogP contribution in [0.3, 0.4) is 0 Å². The molecule has 0 bridgehead atoms. The summed E-state index contributed by atoms with van der Waals surface area (Å²) in [7, 11) is 0. The Kier molecular flexibility index (Phi) is 11.0. The second-order valence-corrected chi connectivity index (χ2v) is 21.4. The van der Waals surface area contributed by atoms with Gasteiger partial charge in [-0.1, -0.05) is 267 Å². The third-order valence-electron chi connectivity index (χ3n) is 16.9. The van der Waals surface area contributed by atoms with Gasteiger partial charge in [0.15, 0.2) is 0 Å². The van der Waals surface area contributed by atoms with E-state index >= 15 is 0 Å². The summed E-state index contributed by atoms with van der Waals surface area (Å²) in [6.45, 7) is 0. The zero-order valence-corrected chi connectivity index (χ0v) is 44.3. The summed E-state index contributed by atoms with van der Waals surface area (Å²) >= 11 is 0. The molecule has 0 fully saturated rings. The summed E-state index contributed by atoms with van der Waals surface area (Å²) < 4.78 is 6.10. The fourth-order valence-electron chi connectivity index (χ4n) is 13.2. The predicted molar refractivity (Wildman–Crippen MR) is 347 cm³/mol. The highest BCUT2D eigenvalue weighted by atomic mass is 16.3. The van der Waals surface area contributed by atoms with Crippen LogP contribution in [-0.2, 0) is 0 Å². The molecule has 0 saturated carbocycles. The first kappa shape index (κ1) is 46.5. The van der Waals surface area contributed by atoms with E-state index in [1.165, 1.54) is 142 Å². The number of hydrogen-bond donors (Lipinski definition) is 0. The van der Waals surface area contributed by atoms with Gasteiger partial charge >= 0.3 is 0 Å². The molecule has 81 heavy (non-hydrogen) atoms. The third-order valence-corrected chi connectivity index (χ3v) is 16.9. The Bertz CT molecular complexity index is 5250. The van der Waals surface area contributed by atoms with Gasteiger partial charge in [0.25, 0.3) is 0 Å². The van der Waals surface area contributed by atoms with Crippen molar-refractivity contribution in [2.75, 3.05) is 0 Å². The van der Waals surface area contributed by atoms with Gasteiger partial charge in [0, 0.05) is 10.8 Å². The first-order valence-electron chi connectivity index (χ1n) is 28.0. The molecule has 0 radical (unpaired) electrons. The SMILES string of the molecule is c1ccc2cc(-c3c4ccccc4c(-c4cccc5cc(-c6ccc7oc8ccccc8c7c6)ccc45)c4ccccc34)ccc2c1.c1ccc2cc(-c3c4ccccc4c(-c4cccc5ccccc45)c4ccccc34)ccc2c1. The largest absolute Gasteiger partial charge is 0.456 e. The van der Waals surface area contributed by atoms with Gasteiger partial charge in [0.05, 0.1) is 0 Å². The number of rotatable bonds is 5. The Morgan fingerprint density at radius 3 is 1.01 bits per heavy atom. The third kappa shape index (κ3) is 7.77. The van der Waals surface area contributed by atoms with Gasteiger partial charge in [-0.25, -0.2) is 0 Å². The van der Waals surface area contributed by atoms with Crippen molar-refractivity contribution in [1.29, 1.82) is 0 Å². The molecule has 16 aromatic carbocycles. The molecule has 0 N–H and O–H groups in total. The zero-order chi connectivity index (χ0) is 53.4. The minimum Gasteiger partial charge on any atom is -0.456 e. The first-order chi connectivity index (χ1) is 40.2. The van der Waals surface area contributed by atoms with Crippen molar-refractivity contribution in [1.82, 2.24) is 0 Å². The monoisotopic (exact) mass is 1030 g/mol. The maximum atomic E-state index is 6.10. The summed E-state index contributed by atoms with van der Waals surface area (Å²) in [5.41, 5.74) is 14.5. The normalized spacial score (nSPS) is 11.7. The van der Waals surface area contributed by atoms with E-state index in [-0.39, 0.29) is 0 Å². The van der Waals surface area contributed by atoms with Crippen LogP contribution in [0, 0.1) is 0 Å². The molecule has 1 heteroatoms. The Balaban J connectivity index is 0.000000141. The van der Waals surface area contributed by atoms with Crippen LogP contribution in [0.1, 0.15) is 0 Å². The van der Waals surface area contributed by atoms with Crippen molar-refractivity contribution in [3.63, 3.8) is 0 Å². The van der Waals surface area contributed by atoms with E-state index in [2.05, 4.69) is 291 Å². The van der Waals surface area contributed by atoms with Crippen LogP contribution < -0.4 is 0 Å². The molecule has 0 atom stereocenters. The van der Waals surface area contributed by atoms with E-state index in [4.69, 9.17) is 4.42 Å². The second kappa shape index (κ2) is 19.1. The van der Waals surface area contributed by atoms with E-state index in [1.54, 1.807) is 0 Å². The molecule has 0 aliphatic rings. The lowest BCUT2D eigenvalue weighted by Crippen LogP contribution is -1.92. The van der Waals surface area contributed by atoms with Gasteiger partial charge in [0.1, 0.15) is 11.2 Å². The molecule has 17 aromatic rings. The number of fused-ring (bicyclic) bond motifs is 11. The summed E-state index contributed by atoms with van der Waals surface area (Å²) in [5, 5.41) is 22.6. The number of furan rings is 1. The quantitative estimate of drug-likeness (QED) is 0.157. The standard InChI is InChI=1S/C46H28O.C34H22/c1-2-11-30-27-34(21-20-29(30)10-1)45-38-14-3-5-16-40(38)46(41-17-6-4-15-39(41)45)37-18-9-12-33-26-31(22-24-35(33)37)32-23-25-44-42(28-32)36-13-7-8-19-43(36)47-44;1-2-12-25-22-26(21-20-23(25)10-1)33-29-15-5-7-17-31(29)34(32-18-8-6-16-30(32)33)28-19-9-13-24-11-3-4-14-27(24)28/h1-28H;1-22H. The molecule has 1 nitrogen and oxygen atoms in total. The minimum absolute atomic E-state index is 0.920. The Hall–Kier alpha value is -10.6. The molecular formula is C80H50O. The molecule has 0 spiro atoms. The first-order valence-corrected chi connectivity index (χ1v) is 28.0. The fourth-order valence-corrected chi connectivity index (χ4v) is 13.2. The van der Waals surface area contributed by atoms with Crippen LogP contribution in [0.15, 0.2) is 308 Å². The van der Waals surface area contributed by atoms with Crippen molar-refractivity contribution in [3.8, 4) is 55.6 Å². The van der Waals surface area contributed by atoms with Crippen molar-refractivity contribution >= 4 is 108 Å². The fraction of sp³-hybridized carbons (Fsp3) is 0. The maximum absolute atomic E-state index is 6.10. The summed E-state index contributed by atoms with van der Waals surface area (Å²) in [4.78, 5) is 0. The molecule has 0 amide bonds. The van der Waals surface area contributed by atoms with Gasteiger partial charge in [-0.05, 0) is 178 Å². The lowest BCUT2D eigenvalue weighted by atomic mass is 9.84. The van der Waals surface area contributed by atoms with Crippen LogP contribution in [-0.4, -0.2) is 0 Å². The number of benzene rings is 16. The topological polar surface area (TPSA) is 13.1 Å². The number of hydrogen-bond acceptors (Lipinski definition) is 1. The van der Waals surface area contributed by atoms with E-state index in [9.17, 15) is 0 Å². The molecule has 0 unspecified atom stereocenters. The highest BCUT2D eigenvalue weighted by molar-refractivity contribution is 6.25. The van der Waals surface area contributed by atoms with Gasteiger partial charge in [-0.15, -0.1) is 0 Å². The summed E-state index contributed by atoms with van der Waals surface area (Å²) in [6.07, 6.45) is 0. The summed E-state index contributed by atoms with van der Waals surface area (Å²) in [5.74, 6) is 0. The minimum atomic E-state index is 0.920. The van der Waals surface area contributed by atoms with Crippen LogP contribution >= 0.6 is 0 Å². The summed E-state index contributed by atoms with van der Waals surface area (Å²) in [6, 6.07) is 110. The predicted octanol–water partition coefficient (Wildman–Crippen LogP) is 22.8. The zero-order valence-electron chi connectivity index (χ0n) is 44.3. The Labute approximate surface area is 468 Å². The van der Waals surface area contributed by atoms with Gasteiger partial charge in [0.2, 0.25) is 0 Å². The molecule has 0 aliphatic carbocycles. The van der Waals surface area contributed by atoms with E-state index in [0.29, 0.717) is 0 Å². The molecular weight excluding hydrogens is 977 g/mol. The van der Waals surface area contributed by atoms with Crippen LogP contribution in [0.2, 0.25) is 0 Å². The van der Waals surface area contributed by atoms with Crippen molar-refractivity contribution in [2.24, 2.45) is 0 Å². The second-order valence-electron chi connectivity index (χ2n) is 21.4. The lowest BCUT2D eigenvalue weighted by molar-refractivity contribution is 0.669. The van der Waals surface area contributed by atoms with E-state index < -0.39 is 0 Å². The molecule has 0 saturated heterocycles. The molecule has 17 rings (SSSR count). The smallest absolute Gasteiger partial charge is 0.135 e. The van der Waals surface area contributed by atoms with Crippen molar-refractivity contribution < 1.29 is 4.42 Å². The molecule has 0 aliphatic heterocycles. The van der Waals surface area contributed by atoms with E-state index in [0.717, 1.165) is 21.9 Å². The Morgan fingerprint density at radius 2 is 0.494 bits per heavy atom. The molecule has 1 aromatic heterocycles. The molecule has 376 valence electrons. The highest BCUT2D eigenvalue weighted by Gasteiger charge is 2.21. The van der Waals surface area contributed by atoms with Gasteiger partial charge in [-0.3, -0.25) is 0 Å². The van der Waals surface area contributed by atoms with Crippen molar-refractivity contribution in [2.45, 2.75) is 0 Å². The lowest BCUT2D eigenvalue weighted by Gasteiger charge is -2.19. The van der Waals surface area contributed by atoms with Gasteiger partial charge < -0.3 is 4.42 Å². The van der Waals surface area contributed by atoms with Crippen LogP contribution in [0.25, 0.3) is 164 Å². The van der Waals surface area contributed by atoms with Gasteiger partial charge in [-0.2, -0.15) is 0 Å².